The Balaban J connectivity index is 1.76. The van der Waals surface area contributed by atoms with Gasteiger partial charge in [0.25, 0.3) is 0 Å². The Morgan fingerprint density at radius 2 is 2.00 bits per heavy atom. The van der Waals surface area contributed by atoms with Gasteiger partial charge in [-0.1, -0.05) is 18.2 Å². The first-order valence-electron chi connectivity index (χ1n) is 7.26. The molecule has 2 saturated heterocycles. The predicted molar refractivity (Wildman–Crippen MR) is 76.2 cm³/mol. The van der Waals surface area contributed by atoms with E-state index in [0.717, 1.165) is 0 Å². The third-order valence-corrected chi connectivity index (χ3v) is 3.77. The lowest BCUT2D eigenvalue weighted by molar-refractivity contribution is -0.300. The Hall–Kier alpha value is -1.47. The second kappa shape index (κ2) is 5.96. The normalized spacial score (nSPS) is 33.2. The number of methoxy groups -OCH3 is 1. The first kappa shape index (κ1) is 15.4. The second-order valence-electron chi connectivity index (χ2n) is 5.81. The molecule has 0 unspecified atom stereocenters. The zero-order valence-corrected chi connectivity index (χ0v) is 12.9. The first-order valence-corrected chi connectivity index (χ1v) is 7.26. The molecule has 22 heavy (non-hydrogen) atoms. The summed E-state index contributed by atoms with van der Waals surface area (Å²) in [4.78, 5) is 12.3. The van der Waals surface area contributed by atoms with Crippen molar-refractivity contribution in [2.24, 2.45) is 0 Å². The van der Waals surface area contributed by atoms with Crippen molar-refractivity contribution in [3.8, 4) is 0 Å². The van der Waals surface area contributed by atoms with Crippen LogP contribution >= 0.6 is 0 Å². The van der Waals surface area contributed by atoms with E-state index in [2.05, 4.69) is 0 Å². The van der Waals surface area contributed by atoms with Crippen molar-refractivity contribution in [2.75, 3.05) is 13.7 Å². The fourth-order valence-corrected chi connectivity index (χ4v) is 2.69. The second-order valence-corrected chi connectivity index (χ2v) is 5.81. The van der Waals surface area contributed by atoms with E-state index in [4.69, 9.17) is 23.7 Å². The van der Waals surface area contributed by atoms with Gasteiger partial charge in [-0.25, -0.2) is 4.79 Å². The number of ether oxygens (including phenoxy) is 5. The number of carbonyl (C=O) groups is 1. The maximum Gasteiger partial charge on any atom is 0.338 e. The summed E-state index contributed by atoms with van der Waals surface area (Å²) in [5.41, 5.74) is 0.479. The summed E-state index contributed by atoms with van der Waals surface area (Å²) in [6.45, 7) is 4.01. The van der Waals surface area contributed by atoms with Crippen molar-refractivity contribution in [1.82, 2.24) is 0 Å². The minimum atomic E-state index is -0.745. The maximum absolute atomic E-state index is 12.3. The molecule has 6 heteroatoms. The Morgan fingerprint density at radius 3 is 2.68 bits per heavy atom. The standard InChI is InChI=1S/C16H20O6/c1-16(2)19-9-11-12(22-16)13(15(18-3)20-11)21-14(17)10-7-5-4-6-8-10/h4-8,11-13,15H,9H2,1-3H3/t11-,12+,13-,15-/m1/s1. The van der Waals surface area contributed by atoms with E-state index in [-0.39, 0.29) is 6.10 Å². The van der Waals surface area contributed by atoms with Gasteiger partial charge < -0.3 is 23.7 Å². The van der Waals surface area contributed by atoms with Crippen LogP contribution in [-0.4, -0.2) is 50.1 Å². The molecular formula is C16H20O6. The molecular weight excluding hydrogens is 288 g/mol. The van der Waals surface area contributed by atoms with Gasteiger partial charge in [-0.2, -0.15) is 0 Å². The highest BCUT2D eigenvalue weighted by molar-refractivity contribution is 5.89. The molecule has 0 aliphatic carbocycles. The topological polar surface area (TPSA) is 63.2 Å². The van der Waals surface area contributed by atoms with Gasteiger partial charge in [0.2, 0.25) is 0 Å². The van der Waals surface area contributed by atoms with Crippen LogP contribution in [0.5, 0.6) is 0 Å². The van der Waals surface area contributed by atoms with Crippen molar-refractivity contribution >= 4 is 5.97 Å². The molecule has 0 amide bonds. The summed E-state index contributed by atoms with van der Waals surface area (Å²) < 4.78 is 28.0. The van der Waals surface area contributed by atoms with Crippen LogP contribution in [0, 0.1) is 0 Å². The molecule has 3 rings (SSSR count). The number of rotatable bonds is 3. The van der Waals surface area contributed by atoms with E-state index < -0.39 is 30.3 Å². The minimum Gasteiger partial charge on any atom is -0.450 e. The zero-order chi connectivity index (χ0) is 15.7. The third-order valence-electron chi connectivity index (χ3n) is 3.77. The highest BCUT2D eigenvalue weighted by Crippen LogP contribution is 2.35. The van der Waals surface area contributed by atoms with E-state index in [1.807, 2.05) is 19.9 Å². The van der Waals surface area contributed by atoms with Crippen molar-refractivity contribution in [3.05, 3.63) is 35.9 Å². The smallest absolute Gasteiger partial charge is 0.338 e. The molecule has 6 nitrogen and oxygen atoms in total. The predicted octanol–water partition coefficient (Wildman–Crippen LogP) is 1.73. The molecule has 0 radical (unpaired) electrons. The van der Waals surface area contributed by atoms with E-state index >= 15 is 0 Å². The molecule has 2 aliphatic heterocycles. The van der Waals surface area contributed by atoms with E-state index in [0.29, 0.717) is 12.2 Å². The minimum absolute atomic E-state index is 0.313. The number of carbonyl (C=O) groups excluding carboxylic acids is 1. The van der Waals surface area contributed by atoms with E-state index in [1.54, 1.807) is 24.3 Å². The Kier molecular flexibility index (Phi) is 4.18. The summed E-state index contributed by atoms with van der Waals surface area (Å²) in [6.07, 6.45) is -2.03. The van der Waals surface area contributed by atoms with E-state index in [9.17, 15) is 4.79 Å². The molecule has 1 aromatic carbocycles. The Bertz CT molecular complexity index is 529. The van der Waals surface area contributed by atoms with Crippen molar-refractivity contribution in [3.63, 3.8) is 0 Å². The maximum atomic E-state index is 12.3. The lowest BCUT2D eigenvalue weighted by atomic mass is 10.1. The largest absolute Gasteiger partial charge is 0.450 e. The van der Waals surface area contributed by atoms with Crippen LogP contribution in [0.3, 0.4) is 0 Å². The van der Waals surface area contributed by atoms with Gasteiger partial charge in [0.1, 0.15) is 12.2 Å². The zero-order valence-electron chi connectivity index (χ0n) is 12.9. The molecule has 0 spiro atoms. The molecule has 120 valence electrons. The molecule has 4 atom stereocenters. The van der Waals surface area contributed by atoms with E-state index in [1.165, 1.54) is 7.11 Å². The van der Waals surface area contributed by atoms with Gasteiger partial charge in [0.05, 0.1) is 12.2 Å². The van der Waals surface area contributed by atoms with Crippen LogP contribution in [0.1, 0.15) is 24.2 Å². The average Bonchev–Trinajstić information content (AvgIpc) is 2.84. The fraction of sp³-hybridized carbons (Fsp3) is 0.562. The van der Waals surface area contributed by atoms with Gasteiger partial charge in [0.15, 0.2) is 18.2 Å². The summed E-state index contributed by atoms with van der Waals surface area (Å²) in [5, 5.41) is 0. The third kappa shape index (κ3) is 3.01. The lowest BCUT2D eigenvalue weighted by Crippen LogP contribution is -2.51. The number of hydrogen-bond acceptors (Lipinski definition) is 6. The first-order chi connectivity index (χ1) is 10.5. The molecule has 0 N–H and O–H groups in total. The van der Waals surface area contributed by atoms with Gasteiger partial charge in [-0.3, -0.25) is 0 Å². The monoisotopic (exact) mass is 308 g/mol. The van der Waals surface area contributed by atoms with Crippen LogP contribution < -0.4 is 0 Å². The van der Waals surface area contributed by atoms with Gasteiger partial charge in [0, 0.05) is 7.11 Å². The number of hydrogen-bond donors (Lipinski definition) is 0. The highest BCUT2D eigenvalue weighted by Gasteiger charge is 2.53. The van der Waals surface area contributed by atoms with Crippen molar-refractivity contribution in [1.29, 1.82) is 0 Å². The summed E-state index contributed by atoms with van der Waals surface area (Å²) in [5.74, 6) is -1.17. The molecule has 0 saturated carbocycles. The van der Waals surface area contributed by atoms with Crippen LogP contribution in [0.4, 0.5) is 0 Å². The highest BCUT2D eigenvalue weighted by atomic mass is 16.8. The quantitative estimate of drug-likeness (QED) is 0.793. The lowest BCUT2D eigenvalue weighted by Gasteiger charge is -2.38. The van der Waals surface area contributed by atoms with Crippen LogP contribution in [0.2, 0.25) is 0 Å². The molecule has 1 aromatic rings. The van der Waals surface area contributed by atoms with Gasteiger partial charge in [-0.15, -0.1) is 0 Å². The SMILES string of the molecule is CO[C@@H]1O[C@@H]2COC(C)(C)O[C@@H]2[C@H]1OC(=O)c1ccccc1. The van der Waals surface area contributed by atoms with Crippen molar-refractivity contribution in [2.45, 2.75) is 44.2 Å². The van der Waals surface area contributed by atoms with Crippen LogP contribution in [0.15, 0.2) is 30.3 Å². The summed E-state index contributed by atoms with van der Waals surface area (Å²) in [7, 11) is 1.51. The summed E-state index contributed by atoms with van der Waals surface area (Å²) in [6, 6.07) is 8.81. The van der Waals surface area contributed by atoms with Crippen LogP contribution in [0.25, 0.3) is 0 Å². The number of benzene rings is 1. The fourth-order valence-electron chi connectivity index (χ4n) is 2.69. The number of fused-ring (bicyclic) bond motifs is 1. The Labute approximate surface area is 129 Å². The van der Waals surface area contributed by atoms with Gasteiger partial charge >= 0.3 is 5.97 Å². The molecule has 2 fully saturated rings. The molecule has 0 bridgehead atoms. The number of esters is 1. The molecule has 0 aromatic heterocycles. The van der Waals surface area contributed by atoms with Crippen LogP contribution in [-0.2, 0) is 23.7 Å². The Morgan fingerprint density at radius 1 is 1.27 bits per heavy atom. The molecule has 2 aliphatic rings. The molecule has 2 heterocycles. The summed E-state index contributed by atoms with van der Waals surface area (Å²) >= 11 is 0. The average molecular weight is 308 g/mol. The van der Waals surface area contributed by atoms with Gasteiger partial charge in [-0.05, 0) is 26.0 Å². The van der Waals surface area contributed by atoms with Crippen molar-refractivity contribution < 1.29 is 28.5 Å².